The molecule has 0 spiro atoms. The van der Waals surface area contributed by atoms with E-state index in [-0.39, 0.29) is 10.6 Å². The van der Waals surface area contributed by atoms with E-state index in [1.807, 2.05) is 0 Å². The van der Waals surface area contributed by atoms with Gasteiger partial charge in [-0.05, 0) is 19.3 Å². The zero-order valence-corrected chi connectivity index (χ0v) is 14.0. The molecule has 0 radical (unpaired) electrons. The van der Waals surface area contributed by atoms with Crippen molar-refractivity contribution < 1.29 is 8.42 Å². The molecule has 0 aromatic rings. The van der Waals surface area contributed by atoms with Gasteiger partial charge < -0.3 is 0 Å². The first-order chi connectivity index (χ1) is 7.45. The van der Waals surface area contributed by atoms with Gasteiger partial charge in [0, 0.05) is 20.8 Å². The Morgan fingerprint density at radius 1 is 1.00 bits per heavy atom. The standard InChI is InChI=1S/C10H19Br2ClO2S/c11-8-5-3-1-2-4-6-10(12)7-9-16(13,14)15/h10H,1-9H2. The lowest BCUT2D eigenvalue weighted by molar-refractivity contribution is 0.587. The predicted octanol–water partition coefficient (Wildman–Crippen LogP) is 4.44. The summed E-state index contributed by atoms with van der Waals surface area (Å²) in [5, 5.41) is 1.08. The summed E-state index contributed by atoms with van der Waals surface area (Å²) in [4.78, 5) is 0.275. The first kappa shape index (κ1) is 17.2. The van der Waals surface area contributed by atoms with Crippen LogP contribution in [0.25, 0.3) is 0 Å². The Hall–Kier alpha value is 1.20. The second kappa shape index (κ2) is 10.2. The van der Waals surface area contributed by atoms with Gasteiger partial charge in [-0.3, -0.25) is 0 Å². The molecule has 0 fully saturated rings. The summed E-state index contributed by atoms with van der Waals surface area (Å²) in [5.41, 5.74) is 0. The van der Waals surface area contributed by atoms with Gasteiger partial charge in [-0.25, -0.2) is 8.42 Å². The lowest BCUT2D eigenvalue weighted by Crippen LogP contribution is -2.06. The molecule has 0 rings (SSSR count). The minimum absolute atomic E-state index is 0.0636. The van der Waals surface area contributed by atoms with Crippen molar-refractivity contribution >= 4 is 51.6 Å². The van der Waals surface area contributed by atoms with Crippen molar-refractivity contribution in [3.8, 4) is 0 Å². The topological polar surface area (TPSA) is 34.1 Å². The Balaban J connectivity index is 3.34. The SMILES string of the molecule is O=S(=O)(Cl)CCC(Br)CCCCCCCBr. The summed E-state index contributed by atoms with van der Waals surface area (Å²) in [7, 11) is 1.82. The van der Waals surface area contributed by atoms with E-state index in [2.05, 4.69) is 31.9 Å². The van der Waals surface area contributed by atoms with E-state index in [4.69, 9.17) is 10.7 Å². The zero-order valence-electron chi connectivity index (χ0n) is 9.30. The van der Waals surface area contributed by atoms with E-state index in [0.29, 0.717) is 6.42 Å². The van der Waals surface area contributed by atoms with Crippen LogP contribution >= 0.6 is 42.5 Å². The monoisotopic (exact) mass is 396 g/mol. The third kappa shape index (κ3) is 13.3. The fourth-order valence-corrected chi connectivity index (χ4v) is 3.49. The Labute approximate surface area is 120 Å². The smallest absolute Gasteiger partial charge is 0.212 e. The van der Waals surface area contributed by atoms with Crippen molar-refractivity contribution in [3.63, 3.8) is 0 Å². The fourth-order valence-electron chi connectivity index (χ4n) is 1.40. The van der Waals surface area contributed by atoms with Crippen LogP contribution in [0.5, 0.6) is 0 Å². The average Bonchev–Trinajstić information content (AvgIpc) is 2.19. The van der Waals surface area contributed by atoms with Gasteiger partial charge in [-0.15, -0.1) is 0 Å². The number of halogens is 3. The van der Waals surface area contributed by atoms with E-state index in [1.54, 1.807) is 0 Å². The van der Waals surface area contributed by atoms with Crippen LogP contribution in [0.15, 0.2) is 0 Å². The van der Waals surface area contributed by atoms with Crippen LogP contribution in [0.2, 0.25) is 0 Å². The quantitative estimate of drug-likeness (QED) is 0.310. The van der Waals surface area contributed by atoms with Crippen molar-refractivity contribution in [2.45, 2.75) is 49.8 Å². The predicted molar refractivity (Wildman–Crippen MR) is 78.5 cm³/mol. The molecule has 98 valence electrons. The van der Waals surface area contributed by atoms with Crippen LogP contribution in [0.3, 0.4) is 0 Å². The lowest BCUT2D eigenvalue weighted by atomic mass is 10.1. The number of unbranched alkanes of at least 4 members (excludes halogenated alkanes) is 4. The molecule has 0 heterocycles. The van der Waals surface area contributed by atoms with Gasteiger partial charge in [0.1, 0.15) is 0 Å². The minimum atomic E-state index is -3.32. The largest absolute Gasteiger partial charge is 0.232 e. The molecule has 0 aliphatic heterocycles. The summed E-state index contributed by atoms with van der Waals surface area (Å²) in [6, 6.07) is 0. The molecule has 0 aromatic heterocycles. The van der Waals surface area contributed by atoms with Gasteiger partial charge in [-0.1, -0.05) is 57.5 Å². The Bertz CT molecular complexity index is 258. The summed E-state index contributed by atoms with van der Waals surface area (Å²) in [5.74, 6) is 0.0636. The van der Waals surface area contributed by atoms with Gasteiger partial charge in [-0.2, -0.15) is 0 Å². The molecule has 0 saturated heterocycles. The molecule has 0 aromatic carbocycles. The highest BCUT2D eigenvalue weighted by Crippen LogP contribution is 2.17. The molecule has 1 unspecified atom stereocenters. The van der Waals surface area contributed by atoms with Crippen LogP contribution in [0.4, 0.5) is 0 Å². The maximum absolute atomic E-state index is 10.7. The maximum Gasteiger partial charge on any atom is 0.232 e. The molecule has 16 heavy (non-hydrogen) atoms. The molecule has 0 saturated carbocycles. The van der Waals surface area contributed by atoms with E-state index in [0.717, 1.165) is 18.2 Å². The molecule has 2 nitrogen and oxygen atoms in total. The number of hydrogen-bond acceptors (Lipinski definition) is 2. The number of alkyl halides is 2. The summed E-state index contributed by atoms with van der Waals surface area (Å²) in [6.45, 7) is 0. The average molecular weight is 399 g/mol. The second-order valence-electron chi connectivity index (χ2n) is 3.87. The third-order valence-corrected chi connectivity index (χ3v) is 4.99. The summed E-state index contributed by atoms with van der Waals surface area (Å²) < 4.78 is 21.4. The van der Waals surface area contributed by atoms with E-state index < -0.39 is 9.05 Å². The first-order valence-corrected chi connectivity index (χ1v) is 10.1. The third-order valence-electron chi connectivity index (χ3n) is 2.33. The number of rotatable bonds is 10. The van der Waals surface area contributed by atoms with Crippen LogP contribution in [0, 0.1) is 0 Å². The van der Waals surface area contributed by atoms with Crippen molar-refractivity contribution in [1.29, 1.82) is 0 Å². The summed E-state index contributed by atoms with van der Waals surface area (Å²) >= 11 is 6.89. The van der Waals surface area contributed by atoms with E-state index >= 15 is 0 Å². The number of hydrogen-bond donors (Lipinski definition) is 0. The zero-order chi connectivity index (χ0) is 12.4. The molecular weight excluding hydrogens is 379 g/mol. The normalized spacial score (nSPS) is 13.9. The Morgan fingerprint density at radius 3 is 2.12 bits per heavy atom. The summed E-state index contributed by atoms with van der Waals surface area (Å²) in [6.07, 6.45) is 7.78. The molecule has 0 N–H and O–H groups in total. The van der Waals surface area contributed by atoms with Crippen molar-refractivity contribution in [2.24, 2.45) is 0 Å². The highest BCUT2D eigenvalue weighted by atomic mass is 79.9. The van der Waals surface area contributed by atoms with Gasteiger partial charge in [0.05, 0.1) is 5.75 Å². The minimum Gasteiger partial charge on any atom is -0.212 e. The van der Waals surface area contributed by atoms with Crippen molar-refractivity contribution in [1.82, 2.24) is 0 Å². The van der Waals surface area contributed by atoms with Gasteiger partial charge in [0.2, 0.25) is 9.05 Å². The molecule has 0 aliphatic carbocycles. The van der Waals surface area contributed by atoms with E-state index in [9.17, 15) is 8.42 Å². The van der Waals surface area contributed by atoms with Crippen LogP contribution in [0.1, 0.15) is 44.9 Å². The molecular formula is C10H19Br2ClO2S. The van der Waals surface area contributed by atoms with Crippen molar-refractivity contribution in [2.75, 3.05) is 11.1 Å². The van der Waals surface area contributed by atoms with Crippen LogP contribution < -0.4 is 0 Å². The fraction of sp³-hybridized carbons (Fsp3) is 1.00. The maximum atomic E-state index is 10.7. The van der Waals surface area contributed by atoms with Crippen molar-refractivity contribution in [3.05, 3.63) is 0 Å². The van der Waals surface area contributed by atoms with Gasteiger partial charge in [0.15, 0.2) is 0 Å². The van der Waals surface area contributed by atoms with E-state index in [1.165, 1.54) is 25.7 Å². The Morgan fingerprint density at radius 2 is 1.56 bits per heavy atom. The molecule has 6 heteroatoms. The molecule has 1 atom stereocenters. The van der Waals surface area contributed by atoms with Crippen LogP contribution in [-0.4, -0.2) is 24.3 Å². The molecule has 0 aliphatic rings. The Kier molecular flexibility index (Phi) is 10.9. The van der Waals surface area contributed by atoms with Gasteiger partial charge >= 0.3 is 0 Å². The van der Waals surface area contributed by atoms with Crippen LogP contribution in [-0.2, 0) is 9.05 Å². The second-order valence-corrected chi connectivity index (χ2v) is 8.86. The highest BCUT2D eigenvalue weighted by Gasteiger charge is 2.10. The molecule has 0 amide bonds. The molecule has 0 bridgehead atoms. The first-order valence-electron chi connectivity index (χ1n) is 5.58. The highest BCUT2D eigenvalue weighted by molar-refractivity contribution is 9.09. The van der Waals surface area contributed by atoms with Gasteiger partial charge in [0.25, 0.3) is 0 Å². The lowest BCUT2D eigenvalue weighted by Gasteiger charge is -2.07.